The molecule has 0 radical (unpaired) electrons. The van der Waals surface area contributed by atoms with Crippen LogP contribution in [0, 0.1) is 5.82 Å². The zero-order valence-electron chi connectivity index (χ0n) is 8.41. The molecule has 0 bridgehead atoms. The molecule has 0 aliphatic heterocycles. The number of nitrogens with two attached hydrogens (primary N) is 1. The highest BCUT2D eigenvalue weighted by Crippen LogP contribution is 2.26. The van der Waals surface area contributed by atoms with Crippen LogP contribution in [0.1, 0.15) is 5.01 Å². The standard InChI is InChI=1S/C11H10BrFN2S/c12-8-5-7(1-2-9(8)13)10-6-16-11(15-10)3-4-14/h1-2,5-6H,3-4,14H2. The molecule has 1 heterocycles. The second-order valence-corrected chi connectivity index (χ2v) is 5.09. The van der Waals surface area contributed by atoms with E-state index in [2.05, 4.69) is 20.9 Å². The van der Waals surface area contributed by atoms with Gasteiger partial charge in [0.25, 0.3) is 0 Å². The van der Waals surface area contributed by atoms with Gasteiger partial charge in [-0.05, 0) is 40.7 Å². The molecule has 2 aromatic rings. The van der Waals surface area contributed by atoms with Crippen molar-refractivity contribution >= 4 is 27.3 Å². The Bertz CT molecular complexity index is 498. The quantitative estimate of drug-likeness (QED) is 0.945. The Morgan fingerprint density at radius 2 is 2.25 bits per heavy atom. The SMILES string of the molecule is NCCc1nc(-c2ccc(F)c(Br)c2)cs1. The molecule has 0 aliphatic rings. The maximum Gasteiger partial charge on any atom is 0.137 e. The van der Waals surface area contributed by atoms with Crippen molar-refractivity contribution in [3.05, 3.63) is 38.9 Å². The van der Waals surface area contributed by atoms with Crippen LogP contribution in [0.2, 0.25) is 0 Å². The summed E-state index contributed by atoms with van der Waals surface area (Å²) in [6, 6.07) is 4.89. The fourth-order valence-corrected chi connectivity index (χ4v) is 2.54. The number of halogens is 2. The molecule has 0 fully saturated rings. The fourth-order valence-electron chi connectivity index (χ4n) is 1.34. The van der Waals surface area contributed by atoms with E-state index in [9.17, 15) is 4.39 Å². The molecule has 0 spiro atoms. The first-order chi connectivity index (χ1) is 7.70. The molecule has 0 amide bonds. The summed E-state index contributed by atoms with van der Waals surface area (Å²) in [7, 11) is 0. The lowest BCUT2D eigenvalue weighted by Gasteiger charge is -1.98. The molecule has 0 atom stereocenters. The van der Waals surface area contributed by atoms with Crippen molar-refractivity contribution < 1.29 is 4.39 Å². The summed E-state index contributed by atoms with van der Waals surface area (Å²) in [6.07, 6.45) is 0.785. The van der Waals surface area contributed by atoms with Gasteiger partial charge in [-0.3, -0.25) is 0 Å². The highest BCUT2D eigenvalue weighted by molar-refractivity contribution is 9.10. The van der Waals surface area contributed by atoms with E-state index in [4.69, 9.17) is 5.73 Å². The van der Waals surface area contributed by atoms with Crippen LogP contribution < -0.4 is 5.73 Å². The molecular weight excluding hydrogens is 291 g/mol. The Morgan fingerprint density at radius 1 is 1.44 bits per heavy atom. The lowest BCUT2D eigenvalue weighted by molar-refractivity contribution is 0.621. The van der Waals surface area contributed by atoms with E-state index in [-0.39, 0.29) is 5.82 Å². The molecule has 84 valence electrons. The van der Waals surface area contributed by atoms with Crippen LogP contribution in [0.3, 0.4) is 0 Å². The molecule has 16 heavy (non-hydrogen) atoms. The van der Waals surface area contributed by atoms with E-state index in [1.807, 2.05) is 5.38 Å². The van der Waals surface area contributed by atoms with Gasteiger partial charge in [0.05, 0.1) is 15.2 Å². The van der Waals surface area contributed by atoms with Crippen molar-refractivity contribution in [1.82, 2.24) is 4.98 Å². The summed E-state index contributed by atoms with van der Waals surface area (Å²) in [4.78, 5) is 4.44. The number of thiazole rings is 1. The van der Waals surface area contributed by atoms with Gasteiger partial charge in [0, 0.05) is 17.4 Å². The number of benzene rings is 1. The monoisotopic (exact) mass is 300 g/mol. The van der Waals surface area contributed by atoms with Gasteiger partial charge in [-0.2, -0.15) is 0 Å². The maximum absolute atomic E-state index is 13.1. The van der Waals surface area contributed by atoms with Gasteiger partial charge in [0.1, 0.15) is 5.82 Å². The summed E-state index contributed by atoms with van der Waals surface area (Å²) in [5, 5.41) is 2.97. The van der Waals surface area contributed by atoms with E-state index in [1.54, 1.807) is 23.5 Å². The van der Waals surface area contributed by atoms with Crippen LogP contribution in [0.15, 0.2) is 28.1 Å². The average Bonchev–Trinajstić information content (AvgIpc) is 2.71. The van der Waals surface area contributed by atoms with Crippen molar-refractivity contribution in [2.45, 2.75) is 6.42 Å². The van der Waals surface area contributed by atoms with Gasteiger partial charge < -0.3 is 5.73 Å². The first-order valence-electron chi connectivity index (χ1n) is 4.80. The Kier molecular flexibility index (Phi) is 3.68. The fraction of sp³-hybridized carbons (Fsp3) is 0.182. The number of aromatic nitrogens is 1. The predicted octanol–water partition coefficient (Wildman–Crippen LogP) is 3.21. The third kappa shape index (κ3) is 2.48. The van der Waals surface area contributed by atoms with Gasteiger partial charge in [-0.25, -0.2) is 9.37 Å². The molecule has 0 saturated heterocycles. The number of hydrogen-bond acceptors (Lipinski definition) is 3. The zero-order chi connectivity index (χ0) is 11.5. The average molecular weight is 301 g/mol. The van der Waals surface area contributed by atoms with E-state index >= 15 is 0 Å². The van der Waals surface area contributed by atoms with Crippen molar-refractivity contribution in [1.29, 1.82) is 0 Å². The van der Waals surface area contributed by atoms with Crippen LogP contribution >= 0.6 is 27.3 Å². The molecule has 1 aromatic heterocycles. The highest BCUT2D eigenvalue weighted by Gasteiger charge is 2.06. The van der Waals surface area contributed by atoms with Crippen LogP contribution in [0.5, 0.6) is 0 Å². The highest BCUT2D eigenvalue weighted by atomic mass is 79.9. The minimum atomic E-state index is -0.263. The summed E-state index contributed by atoms with van der Waals surface area (Å²) >= 11 is 4.74. The summed E-state index contributed by atoms with van der Waals surface area (Å²) in [5.74, 6) is -0.263. The van der Waals surface area contributed by atoms with Crippen molar-refractivity contribution in [3.8, 4) is 11.3 Å². The molecule has 0 unspecified atom stereocenters. The Morgan fingerprint density at radius 3 is 2.94 bits per heavy atom. The summed E-state index contributed by atoms with van der Waals surface area (Å²) < 4.78 is 13.5. The van der Waals surface area contributed by atoms with Gasteiger partial charge in [0.15, 0.2) is 0 Å². The van der Waals surface area contributed by atoms with Crippen LogP contribution in [0.4, 0.5) is 4.39 Å². The maximum atomic E-state index is 13.1. The molecule has 1 aromatic carbocycles. The lowest BCUT2D eigenvalue weighted by atomic mass is 10.2. The zero-order valence-corrected chi connectivity index (χ0v) is 10.8. The van der Waals surface area contributed by atoms with Crippen molar-refractivity contribution in [2.24, 2.45) is 5.73 Å². The van der Waals surface area contributed by atoms with Crippen LogP contribution in [-0.4, -0.2) is 11.5 Å². The van der Waals surface area contributed by atoms with Crippen LogP contribution in [-0.2, 0) is 6.42 Å². The number of rotatable bonds is 3. The first kappa shape index (κ1) is 11.7. The van der Waals surface area contributed by atoms with E-state index in [1.165, 1.54) is 6.07 Å². The number of nitrogens with zero attached hydrogens (tertiary/aromatic N) is 1. The Balaban J connectivity index is 2.31. The summed E-state index contributed by atoms with van der Waals surface area (Å²) in [6.45, 7) is 0.597. The first-order valence-corrected chi connectivity index (χ1v) is 6.48. The second-order valence-electron chi connectivity index (χ2n) is 3.29. The minimum absolute atomic E-state index is 0.263. The normalized spacial score (nSPS) is 10.7. The largest absolute Gasteiger partial charge is 0.330 e. The van der Waals surface area contributed by atoms with E-state index < -0.39 is 0 Å². The van der Waals surface area contributed by atoms with Gasteiger partial charge in [-0.15, -0.1) is 11.3 Å². The molecule has 2 rings (SSSR count). The molecule has 0 saturated carbocycles. The van der Waals surface area contributed by atoms with Gasteiger partial charge in [0.2, 0.25) is 0 Å². The molecule has 0 aliphatic carbocycles. The lowest BCUT2D eigenvalue weighted by Crippen LogP contribution is -2.01. The molecule has 2 nitrogen and oxygen atoms in total. The molecule has 2 N–H and O–H groups in total. The number of hydrogen-bond donors (Lipinski definition) is 1. The minimum Gasteiger partial charge on any atom is -0.330 e. The predicted molar refractivity (Wildman–Crippen MR) is 68.0 cm³/mol. The molecular formula is C11H10BrFN2S. The topological polar surface area (TPSA) is 38.9 Å². The van der Waals surface area contributed by atoms with Gasteiger partial charge >= 0.3 is 0 Å². The van der Waals surface area contributed by atoms with E-state index in [0.717, 1.165) is 22.7 Å². The van der Waals surface area contributed by atoms with Gasteiger partial charge in [-0.1, -0.05) is 0 Å². The molecule has 5 heteroatoms. The van der Waals surface area contributed by atoms with E-state index in [0.29, 0.717) is 11.0 Å². The third-order valence-electron chi connectivity index (χ3n) is 2.13. The second kappa shape index (κ2) is 5.03. The smallest absolute Gasteiger partial charge is 0.137 e. The summed E-state index contributed by atoms with van der Waals surface area (Å²) in [5.41, 5.74) is 7.24. The Hall–Kier alpha value is -0.780. The van der Waals surface area contributed by atoms with Crippen molar-refractivity contribution in [2.75, 3.05) is 6.54 Å². The Labute approximate surface area is 105 Å². The third-order valence-corrected chi connectivity index (χ3v) is 3.64. The van der Waals surface area contributed by atoms with Crippen molar-refractivity contribution in [3.63, 3.8) is 0 Å². The van der Waals surface area contributed by atoms with Crippen LogP contribution in [0.25, 0.3) is 11.3 Å².